The quantitative estimate of drug-likeness (QED) is 0.0224. The molecule has 17 heteroatoms. The molecular weight excluding hydrogens is 1140 g/mol. The molecule has 0 spiro atoms. The third-order valence-electron chi connectivity index (χ3n) is 18.1. The number of hydrogen-bond acceptors (Lipinski definition) is 17. The summed E-state index contributed by atoms with van der Waals surface area (Å²) in [4.78, 5) is 88.6. The molecule has 2 aliphatic rings. The highest BCUT2D eigenvalue weighted by molar-refractivity contribution is 5.81. The number of Topliss-reactive ketones (excluding diaryl/α,β-unsaturated/α-hetero) is 2. The zero-order chi connectivity index (χ0) is 64.8. The van der Waals surface area contributed by atoms with Crippen molar-refractivity contribution < 1.29 is 80.9 Å². The van der Waals surface area contributed by atoms with Gasteiger partial charge >= 0.3 is 29.8 Å². The number of carbonyl (C=O) groups excluding carboxylic acids is 7. The number of methoxy groups -OCH3 is 3. The summed E-state index contributed by atoms with van der Waals surface area (Å²) >= 11 is 0. The van der Waals surface area contributed by atoms with Crippen molar-refractivity contribution in [3.63, 3.8) is 0 Å². The zero-order valence-corrected chi connectivity index (χ0v) is 55.1. The van der Waals surface area contributed by atoms with E-state index in [-0.39, 0.29) is 61.9 Å². The van der Waals surface area contributed by atoms with Crippen LogP contribution in [0, 0.1) is 29.1 Å². The molecule has 494 valence electrons. The Morgan fingerprint density at radius 3 is 1.52 bits per heavy atom. The number of esters is 5. The molecule has 6 atom stereocenters. The third-order valence-corrected chi connectivity index (χ3v) is 18.1. The average Bonchev–Trinajstić information content (AvgIpc) is 0.861. The normalized spacial score (nSPS) is 20.4. The van der Waals surface area contributed by atoms with E-state index in [9.17, 15) is 33.6 Å². The van der Waals surface area contributed by atoms with Crippen LogP contribution in [0.2, 0.25) is 0 Å². The van der Waals surface area contributed by atoms with Crippen LogP contribution in [0.4, 0.5) is 0 Å². The van der Waals surface area contributed by atoms with E-state index in [0.29, 0.717) is 88.3 Å². The smallest absolute Gasteiger partial charge is 0.305 e. The summed E-state index contributed by atoms with van der Waals surface area (Å²) in [7, 11) is 5.04. The van der Waals surface area contributed by atoms with Gasteiger partial charge in [0.15, 0.2) is 12.4 Å². The van der Waals surface area contributed by atoms with Crippen LogP contribution < -0.4 is 14.2 Å². The number of hydrogen-bond donors (Lipinski definition) is 0. The van der Waals surface area contributed by atoms with Crippen molar-refractivity contribution in [2.24, 2.45) is 29.1 Å². The largest absolute Gasteiger partial charge is 0.497 e. The maximum Gasteiger partial charge on any atom is 0.305 e. The van der Waals surface area contributed by atoms with Crippen LogP contribution >= 0.6 is 0 Å². The van der Waals surface area contributed by atoms with Gasteiger partial charge in [-0.25, -0.2) is 0 Å². The fraction of sp³-hybridized carbons (Fsp3) is 0.653. The zero-order valence-electron chi connectivity index (χ0n) is 55.1. The first-order valence-corrected chi connectivity index (χ1v) is 32.8. The Bertz CT molecular complexity index is 2510. The van der Waals surface area contributed by atoms with Gasteiger partial charge in [0, 0.05) is 70.8 Å². The Balaban J connectivity index is 1.03. The van der Waals surface area contributed by atoms with Gasteiger partial charge in [0.2, 0.25) is 0 Å². The highest BCUT2D eigenvalue weighted by atomic mass is 16.7. The van der Waals surface area contributed by atoms with Crippen LogP contribution in [0.3, 0.4) is 0 Å². The lowest BCUT2D eigenvalue weighted by atomic mass is 9.59. The van der Waals surface area contributed by atoms with Crippen LogP contribution in [-0.4, -0.2) is 114 Å². The molecule has 0 radical (unpaired) electrons. The van der Waals surface area contributed by atoms with Crippen LogP contribution in [0.5, 0.6) is 17.2 Å². The molecule has 3 aromatic carbocycles. The fourth-order valence-electron chi connectivity index (χ4n) is 12.7. The lowest BCUT2D eigenvalue weighted by Gasteiger charge is -2.45. The second-order valence-corrected chi connectivity index (χ2v) is 25.1. The van der Waals surface area contributed by atoms with E-state index in [1.54, 1.807) is 21.3 Å². The van der Waals surface area contributed by atoms with Gasteiger partial charge in [-0.1, -0.05) is 70.5 Å². The minimum atomic E-state index is -1.02. The molecule has 1 aliphatic heterocycles. The second-order valence-electron chi connectivity index (χ2n) is 25.1. The topological polar surface area (TPSA) is 212 Å². The summed E-state index contributed by atoms with van der Waals surface area (Å²) in [6.07, 6.45) is 11.7. The van der Waals surface area contributed by atoms with E-state index in [4.69, 9.17) is 47.4 Å². The average molecular weight is 1240 g/mol. The Labute approximate surface area is 530 Å². The Kier molecular flexibility index (Phi) is 31.7. The van der Waals surface area contributed by atoms with Crippen molar-refractivity contribution in [2.75, 3.05) is 47.8 Å². The van der Waals surface area contributed by atoms with Crippen molar-refractivity contribution in [2.45, 2.75) is 226 Å². The lowest BCUT2D eigenvalue weighted by Crippen LogP contribution is -2.59. The van der Waals surface area contributed by atoms with Gasteiger partial charge in [-0.3, -0.25) is 33.6 Å². The third kappa shape index (κ3) is 24.1. The summed E-state index contributed by atoms with van der Waals surface area (Å²) in [6.45, 7) is 12.7. The van der Waals surface area contributed by atoms with Crippen molar-refractivity contribution in [1.29, 1.82) is 0 Å². The Hall–Kier alpha value is -6.33. The van der Waals surface area contributed by atoms with E-state index in [0.717, 1.165) is 105 Å². The minimum absolute atomic E-state index is 0.0219. The number of carbonyl (C=O) groups is 7. The molecule has 1 saturated heterocycles. The van der Waals surface area contributed by atoms with E-state index >= 15 is 0 Å². The summed E-state index contributed by atoms with van der Waals surface area (Å²) in [5.74, 6) is 0.765. The van der Waals surface area contributed by atoms with Crippen LogP contribution in [0.15, 0.2) is 72.8 Å². The van der Waals surface area contributed by atoms with Gasteiger partial charge in [-0.15, -0.1) is 0 Å². The molecule has 1 heterocycles. The van der Waals surface area contributed by atoms with Crippen molar-refractivity contribution >= 4 is 41.4 Å². The van der Waals surface area contributed by atoms with Gasteiger partial charge in [0.25, 0.3) is 0 Å². The lowest BCUT2D eigenvalue weighted by molar-refractivity contribution is -0.294. The Morgan fingerprint density at radius 2 is 1.04 bits per heavy atom. The molecule has 0 aromatic heterocycles. The SMILES string of the molecule is CCC(C)CCC(=O)CCC1(CCC(c2ccc(OC)cc2)(c2ccc(OC)cc2)c2ccc(OC)cc2)CCC(C(=O)CCCCCOC(=O)CCCCCOC(=O)CCCCO[C@@H]2O[C@H](COC(C)=O)[C@H](OC(C)=O)[C@H](OC(C)=O)[C@H]2CC(C)C)CC1. The van der Waals surface area contributed by atoms with Gasteiger partial charge in [-0.2, -0.15) is 0 Å². The molecule has 17 nitrogen and oxygen atoms in total. The molecule has 2 fully saturated rings. The summed E-state index contributed by atoms with van der Waals surface area (Å²) in [5, 5.41) is 0. The van der Waals surface area contributed by atoms with E-state index in [1.807, 2.05) is 50.2 Å². The monoisotopic (exact) mass is 1240 g/mol. The molecule has 1 unspecified atom stereocenters. The summed E-state index contributed by atoms with van der Waals surface area (Å²) in [6, 6.07) is 25.1. The second kappa shape index (κ2) is 38.4. The first-order valence-electron chi connectivity index (χ1n) is 32.8. The Morgan fingerprint density at radius 1 is 0.562 bits per heavy atom. The maximum atomic E-state index is 13.9. The highest BCUT2D eigenvalue weighted by Crippen LogP contribution is 2.52. The van der Waals surface area contributed by atoms with E-state index < -0.39 is 53.8 Å². The number of ether oxygens (including phenoxy) is 10. The molecule has 1 saturated carbocycles. The standard InChI is InChI=1S/C72H104O17/c1-11-51(4)23-30-59(76)39-42-71(43-44-72(56-24-31-60(80-8)32-25-56,57-26-33-61(81-9)34-27-57)58-28-35-62(82-10)36-29-58)40-37-55(38-41-71)64(77)20-14-12-17-45-83-66(78)21-15-13-18-46-84-67(79)22-16-19-47-85-70-63(48-50(2)3)68(87-53(6)74)69(88-54(7)75)65(89-70)49-86-52(5)73/h24-29,31-36,50-51,55,63,65,68-70H,11-23,30,37-49H2,1-10H3/t51?,55?,63-,65-,68-,69+,70-,71?/m1/s1. The van der Waals surface area contributed by atoms with Crippen molar-refractivity contribution in [3.05, 3.63) is 89.5 Å². The molecule has 5 rings (SSSR count). The van der Waals surface area contributed by atoms with Gasteiger partial charge in [-0.05, 0) is 179 Å². The van der Waals surface area contributed by atoms with E-state index in [1.165, 1.54) is 20.8 Å². The number of unbranched alkanes of at least 4 members (excludes halogenated alkanes) is 5. The predicted molar refractivity (Wildman–Crippen MR) is 338 cm³/mol. The van der Waals surface area contributed by atoms with Crippen LogP contribution in [-0.2, 0) is 72.1 Å². The number of ketones is 2. The van der Waals surface area contributed by atoms with Gasteiger partial charge in [0.05, 0.1) is 40.5 Å². The van der Waals surface area contributed by atoms with E-state index in [2.05, 4.69) is 50.2 Å². The molecule has 89 heavy (non-hydrogen) atoms. The molecule has 3 aromatic rings. The summed E-state index contributed by atoms with van der Waals surface area (Å²) < 4.78 is 56.7. The molecule has 1 aliphatic carbocycles. The first kappa shape index (κ1) is 73.4. The van der Waals surface area contributed by atoms with Gasteiger partial charge < -0.3 is 47.4 Å². The molecule has 0 bridgehead atoms. The van der Waals surface area contributed by atoms with Crippen LogP contribution in [0.1, 0.15) is 213 Å². The highest BCUT2D eigenvalue weighted by Gasteiger charge is 2.51. The summed E-state index contributed by atoms with van der Waals surface area (Å²) in [5.41, 5.74) is 2.70. The molecular formula is C72H104O17. The number of rotatable bonds is 41. The molecule has 0 amide bonds. The number of benzene rings is 3. The fourth-order valence-corrected chi connectivity index (χ4v) is 12.7. The maximum absolute atomic E-state index is 13.9. The van der Waals surface area contributed by atoms with Gasteiger partial charge in [0.1, 0.15) is 47.6 Å². The predicted octanol–water partition coefficient (Wildman–Crippen LogP) is 14.0. The first-order chi connectivity index (χ1) is 42.7. The minimum Gasteiger partial charge on any atom is -0.497 e. The molecule has 0 N–H and O–H groups in total. The van der Waals surface area contributed by atoms with Crippen LogP contribution in [0.25, 0.3) is 0 Å². The van der Waals surface area contributed by atoms with Crippen molar-refractivity contribution in [1.82, 2.24) is 0 Å². The van der Waals surface area contributed by atoms with Crippen molar-refractivity contribution in [3.8, 4) is 17.2 Å².